The highest BCUT2D eigenvalue weighted by Gasteiger charge is 2.38. The largest absolute Gasteiger partial charge is 0.480 e. The van der Waals surface area contributed by atoms with Crippen molar-refractivity contribution in [3.05, 3.63) is 47.7 Å². The van der Waals surface area contributed by atoms with Crippen LogP contribution in [-0.2, 0) is 33.9 Å². The number of sulfonamides is 1. The fraction of sp³-hybridized carbons (Fsp3) is 0.423. The summed E-state index contributed by atoms with van der Waals surface area (Å²) < 4.78 is 41.4. The molecule has 1 aromatic carbocycles. The van der Waals surface area contributed by atoms with Crippen LogP contribution in [0, 0.1) is 11.8 Å². The number of anilines is 1. The summed E-state index contributed by atoms with van der Waals surface area (Å²) in [4.78, 5) is 51.8. The lowest BCUT2D eigenvalue weighted by Gasteiger charge is -2.25. The van der Waals surface area contributed by atoms with Gasteiger partial charge in [-0.25, -0.2) is 13.2 Å². The highest BCUT2D eigenvalue weighted by Crippen LogP contribution is 2.33. The van der Waals surface area contributed by atoms with Gasteiger partial charge >= 0.3 is 11.9 Å². The van der Waals surface area contributed by atoms with Crippen molar-refractivity contribution in [2.75, 3.05) is 50.0 Å². The normalized spacial score (nSPS) is 18.4. The Bertz CT molecular complexity index is 1400. The summed E-state index contributed by atoms with van der Waals surface area (Å²) >= 11 is 0. The molecule has 41 heavy (non-hydrogen) atoms. The molecule has 0 bridgehead atoms. The first-order valence-corrected chi connectivity index (χ1v) is 14.5. The zero-order valence-electron chi connectivity index (χ0n) is 22.8. The van der Waals surface area contributed by atoms with Crippen LogP contribution in [0.25, 0.3) is 0 Å². The van der Waals surface area contributed by atoms with Gasteiger partial charge in [-0.15, -0.1) is 0 Å². The SMILES string of the molecule is CCOC(=O)COc1ccc(C(=O)CN2C=C3C=CC(C(N)=NO)C(=O)C3C2)cc1N(CC(=O)OCC)S(C)(=O)=O. The van der Waals surface area contributed by atoms with E-state index in [9.17, 15) is 27.6 Å². The van der Waals surface area contributed by atoms with E-state index in [-0.39, 0.29) is 54.9 Å². The molecule has 1 aromatic rings. The number of ketones is 2. The molecule has 0 aromatic heterocycles. The van der Waals surface area contributed by atoms with E-state index in [1.165, 1.54) is 24.3 Å². The quantitative estimate of drug-likeness (QED) is 0.0803. The summed E-state index contributed by atoms with van der Waals surface area (Å²) in [5.74, 6) is -3.97. The minimum absolute atomic E-state index is 0.0192. The van der Waals surface area contributed by atoms with E-state index in [4.69, 9.17) is 25.2 Å². The molecular formula is C26H32N4O10S. The summed E-state index contributed by atoms with van der Waals surface area (Å²) in [5, 5.41) is 11.9. The number of nitrogens with two attached hydrogens (primary N) is 1. The predicted octanol–water partition coefficient (Wildman–Crippen LogP) is 0.458. The summed E-state index contributed by atoms with van der Waals surface area (Å²) in [6.07, 6.45) is 5.75. The van der Waals surface area contributed by atoms with Gasteiger partial charge in [0.15, 0.2) is 24.0 Å². The molecule has 0 saturated carbocycles. The lowest BCUT2D eigenvalue weighted by molar-refractivity contribution is -0.145. The van der Waals surface area contributed by atoms with Crippen molar-refractivity contribution in [2.24, 2.45) is 22.7 Å². The molecule has 14 nitrogen and oxygen atoms in total. The molecule has 0 amide bonds. The number of carbonyl (C=O) groups excluding carboxylic acids is 4. The third-order valence-corrected chi connectivity index (χ3v) is 7.37. The minimum atomic E-state index is -4.08. The first kappa shape index (κ1) is 31.1. The number of hydrogen-bond donors (Lipinski definition) is 2. The van der Waals surface area contributed by atoms with Crippen LogP contribution in [-0.4, -0.2) is 93.6 Å². The third kappa shape index (κ3) is 7.63. The van der Waals surface area contributed by atoms with Crippen molar-refractivity contribution < 1.29 is 47.0 Å². The van der Waals surface area contributed by atoms with Crippen molar-refractivity contribution >= 4 is 45.1 Å². The third-order valence-electron chi connectivity index (χ3n) is 6.24. The molecule has 222 valence electrons. The Hall–Kier alpha value is -4.40. The average molecular weight is 593 g/mol. The van der Waals surface area contributed by atoms with Gasteiger partial charge in [0.2, 0.25) is 10.0 Å². The number of fused-ring (bicyclic) bond motifs is 1. The lowest BCUT2D eigenvalue weighted by atomic mass is 9.83. The Balaban J connectivity index is 1.88. The van der Waals surface area contributed by atoms with E-state index in [1.807, 2.05) is 0 Å². The highest BCUT2D eigenvalue weighted by atomic mass is 32.2. The number of benzene rings is 1. The molecule has 3 N–H and O–H groups in total. The second kappa shape index (κ2) is 13.3. The van der Waals surface area contributed by atoms with E-state index in [0.717, 1.165) is 10.6 Å². The van der Waals surface area contributed by atoms with Crippen molar-refractivity contribution in [3.8, 4) is 5.75 Å². The van der Waals surface area contributed by atoms with Crippen LogP contribution in [0.15, 0.2) is 47.3 Å². The molecule has 0 fully saturated rings. The molecule has 3 rings (SSSR count). The molecule has 1 heterocycles. The maximum absolute atomic E-state index is 13.3. The number of nitrogens with zero attached hydrogens (tertiary/aromatic N) is 3. The number of esters is 2. The first-order chi connectivity index (χ1) is 19.4. The Morgan fingerprint density at radius 3 is 2.49 bits per heavy atom. The zero-order valence-corrected chi connectivity index (χ0v) is 23.6. The van der Waals surface area contributed by atoms with E-state index in [0.29, 0.717) is 5.57 Å². The molecule has 15 heteroatoms. The van der Waals surface area contributed by atoms with E-state index in [1.54, 1.807) is 31.0 Å². The maximum Gasteiger partial charge on any atom is 0.344 e. The average Bonchev–Trinajstić information content (AvgIpc) is 3.33. The lowest BCUT2D eigenvalue weighted by Crippen LogP contribution is -2.38. The van der Waals surface area contributed by atoms with Crippen molar-refractivity contribution in [1.29, 1.82) is 0 Å². The predicted molar refractivity (Wildman–Crippen MR) is 146 cm³/mol. The van der Waals surface area contributed by atoms with Crippen LogP contribution >= 0.6 is 0 Å². The molecule has 0 radical (unpaired) electrons. The number of oxime groups is 1. The molecule has 1 aliphatic carbocycles. The molecular weight excluding hydrogens is 560 g/mol. The van der Waals surface area contributed by atoms with Gasteiger partial charge in [-0.05, 0) is 37.6 Å². The maximum atomic E-state index is 13.3. The van der Waals surface area contributed by atoms with Gasteiger partial charge in [0.05, 0.1) is 43.5 Å². The summed E-state index contributed by atoms with van der Waals surface area (Å²) in [6.45, 7) is 2.10. The fourth-order valence-electron chi connectivity index (χ4n) is 4.37. The van der Waals surface area contributed by atoms with E-state index >= 15 is 0 Å². The van der Waals surface area contributed by atoms with Gasteiger partial charge in [-0.2, -0.15) is 0 Å². The number of Topliss-reactive ketones (excluding diaryl/α,β-unsaturated/α-hetero) is 2. The van der Waals surface area contributed by atoms with Gasteiger partial charge in [-0.3, -0.25) is 18.7 Å². The second-order valence-electron chi connectivity index (χ2n) is 9.15. The molecule has 2 aliphatic rings. The van der Waals surface area contributed by atoms with Gasteiger partial charge in [0.1, 0.15) is 12.3 Å². The Kier molecular flexibility index (Phi) is 10.1. The van der Waals surface area contributed by atoms with Crippen LogP contribution in [0.1, 0.15) is 24.2 Å². The Labute approximate surface area is 237 Å². The smallest absolute Gasteiger partial charge is 0.344 e. The van der Waals surface area contributed by atoms with Gasteiger partial charge in [0, 0.05) is 18.3 Å². The molecule has 2 atom stereocenters. The molecule has 0 saturated heterocycles. The van der Waals surface area contributed by atoms with Crippen molar-refractivity contribution in [2.45, 2.75) is 13.8 Å². The van der Waals surface area contributed by atoms with Crippen LogP contribution in [0.4, 0.5) is 5.69 Å². The van der Waals surface area contributed by atoms with Gasteiger partial charge in [-0.1, -0.05) is 17.3 Å². The van der Waals surface area contributed by atoms with Crippen LogP contribution in [0.2, 0.25) is 0 Å². The molecule has 1 aliphatic heterocycles. The monoisotopic (exact) mass is 592 g/mol. The van der Waals surface area contributed by atoms with Crippen LogP contribution in [0.3, 0.4) is 0 Å². The number of rotatable bonds is 13. The number of ether oxygens (including phenoxy) is 3. The van der Waals surface area contributed by atoms with Crippen LogP contribution in [0.5, 0.6) is 5.75 Å². The minimum Gasteiger partial charge on any atom is -0.480 e. The summed E-state index contributed by atoms with van der Waals surface area (Å²) in [5.41, 5.74) is 6.23. The molecule has 2 unspecified atom stereocenters. The van der Waals surface area contributed by atoms with E-state index in [2.05, 4.69) is 5.16 Å². The number of carbonyl (C=O) groups is 4. The number of hydrogen-bond acceptors (Lipinski definition) is 12. The van der Waals surface area contributed by atoms with Gasteiger partial charge < -0.3 is 30.1 Å². The molecule has 0 spiro atoms. The van der Waals surface area contributed by atoms with Gasteiger partial charge in [0.25, 0.3) is 0 Å². The topological polar surface area (TPSA) is 195 Å². The van der Waals surface area contributed by atoms with Crippen molar-refractivity contribution in [3.63, 3.8) is 0 Å². The number of amidine groups is 1. The highest BCUT2D eigenvalue weighted by molar-refractivity contribution is 7.92. The summed E-state index contributed by atoms with van der Waals surface area (Å²) in [6, 6.07) is 3.97. The summed E-state index contributed by atoms with van der Waals surface area (Å²) in [7, 11) is -4.08. The Morgan fingerprint density at radius 2 is 1.85 bits per heavy atom. The number of allylic oxidation sites excluding steroid dienone is 1. The first-order valence-electron chi connectivity index (χ1n) is 12.6. The van der Waals surface area contributed by atoms with Crippen LogP contribution < -0.4 is 14.8 Å². The fourth-order valence-corrected chi connectivity index (χ4v) is 5.21. The van der Waals surface area contributed by atoms with Crippen molar-refractivity contribution in [1.82, 2.24) is 4.90 Å². The Morgan fingerprint density at radius 1 is 1.17 bits per heavy atom. The standard InChI is InChI=1S/C26H32N4O10S/c1-4-38-23(32)14-30(41(3,36)37)20-10-16(7-9-22(20)40-15-24(33)39-5-2)21(31)13-29-11-17-6-8-18(26(27)28-35)25(34)19(17)12-29/h6-11,18-19,35H,4-5,12-15H2,1-3H3,(H2,27,28). The second-order valence-corrected chi connectivity index (χ2v) is 11.1. The zero-order chi connectivity index (χ0) is 30.3. The van der Waals surface area contributed by atoms with E-state index < -0.39 is 52.7 Å².